The van der Waals surface area contributed by atoms with Gasteiger partial charge in [-0.1, -0.05) is 13.5 Å². The van der Waals surface area contributed by atoms with Gasteiger partial charge in [0.2, 0.25) is 0 Å². The van der Waals surface area contributed by atoms with Crippen molar-refractivity contribution in [2.24, 2.45) is 5.41 Å². The lowest BCUT2D eigenvalue weighted by molar-refractivity contribution is -0.0317. The molecular formula is C10H20O3. The summed E-state index contributed by atoms with van der Waals surface area (Å²) in [6, 6.07) is 0. The van der Waals surface area contributed by atoms with E-state index in [1.165, 1.54) is 6.26 Å². The van der Waals surface area contributed by atoms with Gasteiger partial charge in [0, 0.05) is 14.2 Å². The Morgan fingerprint density at radius 2 is 1.69 bits per heavy atom. The number of methoxy groups -OCH3 is 2. The highest BCUT2D eigenvalue weighted by Gasteiger charge is 2.29. The fraction of sp³-hybridized carbons (Fsp3) is 0.800. The Kier molecular flexibility index (Phi) is 6.63. The van der Waals surface area contributed by atoms with Crippen LogP contribution in [0.1, 0.15) is 13.3 Å². The Morgan fingerprint density at radius 3 is 2.00 bits per heavy atom. The quantitative estimate of drug-likeness (QED) is 0.544. The first-order chi connectivity index (χ1) is 6.24. The molecule has 0 spiro atoms. The van der Waals surface area contributed by atoms with Crippen molar-refractivity contribution in [3.63, 3.8) is 0 Å². The molecule has 13 heavy (non-hydrogen) atoms. The van der Waals surface area contributed by atoms with Crippen molar-refractivity contribution in [3.8, 4) is 0 Å². The van der Waals surface area contributed by atoms with Gasteiger partial charge < -0.3 is 14.2 Å². The van der Waals surface area contributed by atoms with E-state index in [4.69, 9.17) is 14.2 Å². The van der Waals surface area contributed by atoms with Crippen molar-refractivity contribution in [2.75, 3.05) is 34.0 Å². The average molecular weight is 188 g/mol. The summed E-state index contributed by atoms with van der Waals surface area (Å²) in [5.41, 5.74) is -0.0440. The smallest absolute Gasteiger partial charge is 0.0973 e. The van der Waals surface area contributed by atoms with Crippen molar-refractivity contribution in [1.82, 2.24) is 0 Å². The van der Waals surface area contributed by atoms with Crippen LogP contribution in [0.15, 0.2) is 12.8 Å². The van der Waals surface area contributed by atoms with E-state index in [0.717, 1.165) is 6.42 Å². The van der Waals surface area contributed by atoms with E-state index < -0.39 is 0 Å². The first kappa shape index (κ1) is 12.5. The number of rotatable bonds is 8. The minimum absolute atomic E-state index is 0.0440. The second-order valence-electron chi connectivity index (χ2n) is 3.20. The second-order valence-corrected chi connectivity index (χ2v) is 3.20. The second kappa shape index (κ2) is 6.92. The van der Waals surface area contributed by atoms with Crippen LogP contribution in [-0.2, 0) is 14.2 Å². The van der Waals surface area contributed by atoms with Crippen molar-refractivity contribution in [3.05, 3.63) is 12.8 Å². The Labute approximate surface area is 80.7 Å². The van der Waals surface area contributed by atoms with Crippen molar-refractivity contribution >= 4 is 0 Å². The zero-order valence-corrected chi connectivity index (χ0v) is 8.84. The maximum atomic E-state index is 5.20. The minimum Gasteiger partial charge on any atom is -0.501 e. The third-order valence-electron chi connectivity index (χ3n) is 2.16. The maximum absolute atomic E-state index is 5.20. The van der Waals surface area contributed by atoms with Crippen LogP contribution in [-0.4, -0.2) is 34.0 Å². The van der Waals surface area contributed by atoms with Crippen molar-refractivity contribution in [2.45, 2.75) is 13.3 Å². The molecule has 0 amide bonds. The summed E-state index contributed by atoms with van der Waals surface area (Å²) in [6.07, 6.45) is 2.41. The highest BCUT2D eigenvalue weighted by molar-refractivity contribution is 4.78. The Balaban J connectivity index is 4.15. The van der Waals surface area contributed by atoms with Gasteiger partial charge in [-0.2, -0.15) is 0 Å². The van der Waals surface area contributed by atoms with Gasteiger partial charge in [0.05, 0.1) is 31.5 Å². The SMILES string of the molecule is C=COCC(CC)(COC)COC. The molecule has 0 saturated carbocycles. The fourth-order valence-corrected chi connectivity index (χ4v) is 1.28. The molecule has 0 aliphatic rings. The molecule has 0 N–H and O–H groups in total. The Morgan fingerprint density at radius 1 is 1.15 bits per heavy atom. The summed E-state index contributed by atoms with van der Waals surface area (Å²) in [6.45, 7) is 7.50. The summed E-state index contributed by atoms with van der Waals surface area (Å²) in [5, 5.41) is 0. The van der Waals surface area contributed by atoms with Crippen LogP contribution in [0.25, 0.3) is 0 Å². The number of hydrogen-bond donors (Lipinski definition) is 0. The van der Waals surface area contributed by atoms with E-state index in [1.807, 2.05) is 0 Å². The molecule has 0 saturated heterocycles. The molecule has 0 aliphatic heterocycles. The molecule has 0 aromatic rings. The van der Waals surface area contributed by atoms with Gasteiger partial charge in [0.25, 0.3) is 0 Å². The van der Waals surface area contributed by atoms with Gasteiger partial charge in [-0.3, -0.25) is 0 Å². The highest BCUT2D eigenvalue weighted by Crippen LogP contribution is 2.23. The van der Waals surface area contributed by atoms with Gasteiger partial charge in [-0.05, 0) is 6.42 Å². The van der Waals surface area contributed by atoms with Gasteiger partial charge in [0.1, 0.15) is 0 Å². The normalized spacial score (nSPS) is 11.3. The molecule has 0 aliphatic carbocycles. The highest BCUT2D eigenvalue weighted by atomic mass is 16.5. The lowest BCUT2D eigenvalue weighted by atomic mass is 9.88. The van der Waals surface area contributed by atoms with Gasteiger partial charge in [-0.25, -0.2) is 0 Å². The summed E-state index contributed by atoms with van der Waals surface area (Å²) >= 11 is 0. The van der Waals surface area contributed by atoms with Crippen LogP contribution >= 0.6 is 0 Å². The lowest BCUT2D eigenvalue weighted by Crippen LogP contribution is -2.35. The van der Waals surface area contributed by atoms with E-state index in [0.29, 0.717) is 19.8 Å². The molecule has 3 heteroatoms. The Hall–Kier alpha value is -0.540. The topological polar surface area (TPSA) is 27.7 Å². The predicted molar refractivity (Wildman–Crippen MR) is 52.6 cm³/mol. The summed E-state index contributed by atoms with van der Waals surface area (Å²) in [5.74, 6) is 0. The monoisotopic (exact) mass is 188 g/mol. The zero-order chi connectivity index (χ0) is 10.2. The van der Waals surface area contributed by atoms with Crippen LogP contribution in [0, 0.1) is 5.41 Å². The first-order valence-corrected chi connectivity index (χ1v) is 4.45. The van der Waals surface area contributed by atoms with Crippen LogP contribution in [0.4, 0.5) is 0 Å². The summed E-state index contributed by atoms with van der Waals surface area (Å²) in [4.78, 5) is 0. The van der Waals surface area contributed by atoms with Gasteiger partial charge in [0.15, 0.2) is 0 Å². The van der Waals surface area contributed by atoms with Crippen LogP contribution < -0.4 is 0 Å². The third-order valence-corrected chi connectivity index (χ3v) is 2.16. The molecule has 0 radical (unpaired) electrons. The maximum Gasteiger partial charge on any atom is 0.0973 e. The van der Waals surface area contributed by atoms with Gasteiger partial charge >= 0.3 is 0 Å². The van der Waals surface area contributed by atoms with Gasteiger partial charge in [-0.15, -0.1) is 0 Å². The van der Waals surface area contributed by atoms with E-state index >= 15 is 0 Å². The first-order valence-electron chi connectivity index (χ1n) is 4.45. The predicted octanol–water partition coefficient (Wildman–Crippen LogP) is 1.84. The average Bonchev–Trinajstić information content (AvgIpc) is 2.15. The number of ether oxygens (including phenoxy) is 3. The van der Waals surface area contributed by atoms with Crippen LogP contribution in [0.2, 0.25) is 0 Å². The molecule has 0 unspecified atom stereocenters. The van der Waals surface area contributed by atoms with Crippen molar-refractivity contribution < 1.29 is 14.2 Å². The van der Waals surface area contributed by atoms with Crippen LogP contribution in [0.3, 0.4) is 0 Å². The summed E-state index contributed by atoms with van der Waals surface area (Å²) < 4.78 is 15.5. The van der Waals surface area contributed by atoms with E-state index in [9.17, 15) is 0 Å². The third kappa shape index (κ3) is 4.29. The van der Waals surface area contributed by atoms with E-state index in [-0.39, 0.29) is 5.41 Å². The molecule has 0 aromatic heterocycles. The van der Waals surface area contributed by atoms with E-state index in [1.54, 1.807) is 14.2 Å². The Bertz CT molecular complexity index is 128. The molecule has 78 valence electrons. The molecule has 0 rings (SSSR count). The summed E-state index contributed by atoms with van der Waals surface area (Å²) in [7, 11) is 3.38. The molecule has 0 fully saturated rings. The largest absolute Gasteiger partial charge is 0.501 e. The molecule has 0 bridgehead atoms. The zero-order valence-electron chi connectivity index (χ0n) is 8.84. The molecule has 0 aromatic carbocycles. The minimum atomic E-state index is -0.0440. The number of hydrogen-bond acceptors (Lipinski definition) is 3. The molecule has 0 atom stereocenters. The fourth-order valence-electron chi connectivity index (χ4n) is 1.28. The molecular weight excluding hydrogens is 168 g/mol. The molecule has 3 nitrogen and oxygen atoms in total. The standard InChI is InChI=1S/C10H20O3/c1-5-10(7-11-3,8-12-4)9-13-6-2/h6H,2,5,7-9H2,1,3-4H3. The van der Waals surface area contributed by atoms with Crippen LogP contribution in [0.5, 0.6) is 0 Å². The molecule has 0 heterocycles. The van der Waals surface area contributed by atoms with E-state index in [2.05, 4.69) is 13.5 Å². The lowest BCUT2D eigenvalue weighted by Gasteiger charge is -2.30. The van der Waals surface area contributed by atoms with Crippen molar-refractivity contribution in [1.29, 1.82) is 0 Å².